The van der Waals surface area contributed by atoms with E-state index in [9.17, 15) is 14.4 Å². The van der Waals surface area contributed by atoms with Gasteiger partial charge in [-0.05, 0) is 19.3 Å². The molecule has 2 amide bonds. The first kappa shape index (κ1) is 15.8. The molecule has 1 heterocycles. The number of carbonyl (C=O) groups is 3. The standard InChI is InChI=1S/C15H24N2O4/c1-16(8-4-7-14(19)20)15(21)11-9-13(18)17(10-11)12-5-2-3-6-12/h11-12H,2-10H2,1H3,(H,19,20). The Kier molecular flexibility index (Phi) is 5.20. The minimum atomic E-state index is -0.848. The number of carbonyl (C=O) groups excluding carboxylic acids is 2. The summed E-state index contributed by atoms with van der Waals surface area (Å²) in [6.07, 6.45) is 5.27. The smallest absolute Gasteiger partial charge is 0.303 e. The Morgan fingerprint density at radius 2 is 2.00 bits per heavy atom. The van der Waals surface area contributed by atoms with E-state index >= 15 is 0 Å². The number of aliphatic carboxylic acids is 1. The Hall–Kier alpha value is -1.59. The number of rotatable bonds is 6. The second-order valence-electron chi connectivity index (χ2n) is 6.14. The average Bonchev–Trinajstić information content (AvgIpc) is 3.06. The molecule has 2 rings (SSSR count). The fourth-order valence-corrected chi connectivity index (χ4v) is 3.36. The van der Waals surface area contributed by atoms with Crippen molar-refractivity contribution in [1.82, 2.24) is 9.80 Å². The van der Waals surface area contributed by atoms with Crippen molar-refractivity contribution in [3.05, 3.63) is 0 Å². The second kappa shape index (κ2) is 6.91. The molecule has 1 atom stereocenters. The topological polar surface area (TPSA) is 77.9 Å². The van der Waals surface area contributed by atoms with Gasteiger partial charge in [0.25, 0.3) is 0 Å². The van der Waals surface area contributed by atoms with Crippen molar-refractivity contribution in [3.63, 3.8) is 0 Å². The van der Waals surface area contributed by atoms with Crippen molar-refractivity contribution in [2.75, 3.05) is 20.1 Å². The Morgan fingerprint density at radius 3 is 2.62 bits per heavy atom. The zero-order chi connectivity index (χ0) is 15.4. The fraction of sp³-hybridized carbons (Fsp3) is 0.800. The summed E-state index contributed by atoms with van der Waals surface area (Å²) in [4.78, 5) is 38.3. The minimum absolute atomic E-state index is 0.0331. The van der Waals surface area contributed by atoms with Crippen LogP contribution in [0.25, 0.3) is 0 Å². The molecule has 1 aliphatic carbocycles. The van der Waals surface area contributed by atoms with Crippen molar-refractivity contribution < 1.29 is 19.5 Å². The molecular formula is C15H24N2O4. The first-order chi connectivity index (χ1) is 9.99. The predicted octanol–water partition coefficient (Wildman–Crippen LogP) is 1.10. The van der Waals surface area contributed by atoms with Crippen LogP contribution in [-0.2, 0) is 14.4 Å². The number of carboxylic acids is 1. The van der Waals surface area contributed by atoms with Crippen molar-refractivity contribution in [2.24, 2.45) is 5.92 Å². The molecule has 0 spiro atoms. The first-order valence-corrected chi connectivity index (χ1v) is 7.75. The third kappa shape index (κ3) is 3.95. The summed E-state index contributed by atoms with van der Waals surface area (Å²) < 4.78 is 0. The molecule has 1 aliphatic heterocycles. The van der Waals surface area contributed by atoms with Crippen molar-refractivity contribution in [3.8, 4) is 0 Å². The number of hydrogen-bond acceptors (Lipinski definition) is 3. The second-order valence-corrected chi connectivity index (χ2v) is 6.14. The summed E-state index contributed by atoms with van der Waals surface area (Å²) in [6.45, 7) is 0.963. The highest BCUT2D eigenvalue weighted by Gasteiger charge is 2.39. The van der Waals surface area contributed by atoms with Gasteiger partial charge in [-0.3, -0.25) is 14.4 Å². The highest BCUT2D eigenvalue weighted by Crippen LogP contribution is 2.30. The van der Waals surface area contributed by atoms with Gasteiger partial charge in [-0.15, -0.1) is 0 Å². The monoisotopic (exact) mass is 296 g/mol. The van der Waals surface area contributed by atoms with Gasteiger partial charge in [-0.2, -0.15) is 0 Å². The third-order valence-corrected chi connectivity index (χ3v) is 4.53. The van der Waals surface area contributed by atoms with Gasteiger partial charge in [0.15, 0.2) is 0 Å². The van der Waals surface area contributed by atoms with Crippen molar-refractivity contribution in [2.45, 2.75) is 51.0 Å². The molecule has 1 N–H and O–H groups in total. The number of likely N-dealkylation sites (tertiary alicyclic amines) is 1. The molecule has 0 aromatic heterocycles. The molecule has 1 unspecified atom stereocenters. The lowest BCUT2D eigenvalue weighted by Crippen LogP contribution is -2.38. The van der Waals surface area contributed by atoms with Crippen LogP contribution in [0.3, 0.4) is 0 Å². The summed E-state index contributed by atoms with van der Waals surface area (Å²) in [6, 6.07) is 0.326. The number of carboxylic acid groups (broad SMARTS) is 1. The van der Waals surface area contributed by atoms with E-state index in [-0.39, 0.29) is 24.2 Å². The lowest BCUT2D eigenvalue weighted by molar-refractivity contribution is -0.138. The zero-order valence-electron chi connectivity index (χ0n) is 12.6. The quantitative estimate of drug-likeness (QED) is 0.796. The van der Waals surface area contributed by atoms with Crippen LogP contribution in [-0.4, -0.2) is 58.9 Å². The molecule has 2 aliphatic rings. The fourth-order valence-electron chi connectivity index (χ4n) is 3.36. The summed E-state index contributed by atoms with van der Waals surface area (Å²) in [5.41, 5.74) is 0. The van der Waals surface area contributed by atoms with E-state index in [1.165, 1.54) is 12.8 Å². The highest BCUT2D eigenvalue weighted by atomic mass is 16.4. The molecule has 118 valence electrons. The molecule has 0 radical (unpaired) electrons. The Labute approximate surface area is 125 Å². The Balaban J connectivity index is 1.82. The van der Waals surface area contributed by atoms with E-state index in [4.69, 9.17) is 5.11 Å². The van der Waals surface area contributed by atoms with Gasteiger partial charge in [0.05, 0.1) is 5.92 Å². The van der Waals surface area contributed by atoms with Gasteiger partial charge in [0.1, 0.15) is 0 Å². The van der Waals surface area contributed by atoms with Gasteiger partial charge in [0, 0.05) is 39.0 Å². The lowest BCUT2D eigenvalue weighted by atomic mass is 10.1. The molecule has 0 bridgehead atoms. The van der Waals surface area contributed by atoms with E-state index in [1.807, 2.05) is 4.90 Å². The van der Waals surface area contributed by atoms with Crippen molar-refractivity contribution in [1.29, 1.82) is 0 Å². The SMILES string of the molecule is CN(CCCC(=O)O)C(=O)C1CC(=O)N(C2CCCC2)C1. The van der Waals surface area contributed by atoms with E-state index in [0.29, 0.717) is 32.0 Å². The summed E-state index contributed by atoms with van der Waals surface area (Å²) in [7, 11) is 1.69. The molecule has 0 aromatic carbocycles. The van der Waals surface area contributed by atoms with Gasteiger partial charge < -0.3 is 14.9 Å². The minimum Gasteiger partial charge on any atom is -0.481 e. The Bertz CT molecular complexity index is 418. The molecule has 21 heavy (non-hydrogen) atoms. The maximum absolute atomic E-state index is 12.3. The van der Waals surface area contributed by atoms with Gasteiger partial charge >= 0.3 is 5.97 Å². The van der Waals surface area contributed by atoms with Gasteiger partial charge in [-0.25, -0.2) is 0 Å². The largest absolute Gasteiger partial charge is 0.481 e. The van der Waals surface area contributed by atoms with Crippen LogP contribution in [0.1, 0.15) is 44.9 Å². The van der Waals surface area contributed by atoms with Crippen molar-refractivity contribution >= 4 is 17.8 Å². The number of hydrogen-bond donors (Lipinski definition) is 1. The molecule has 2 fully saturated rings. The molecule has 0 aromatic rings. The maximum atomic E-state index is 12.3. The maximum Gasteiger partial charge on any atom is 0.303 e. The van der Waals surface area contributed by atoms with Crippen LogP contribution in [0.5, 0.6) is 0 Å². The highest BCUT2D eigenvalue weighted by molar-refractivity contribution is 5.89. The van der Waals surface area contributed by atoms with E-state index in [1.54, 1.807) is 11.9 Å². The summed E-state index contributed by atoms with van der Waals surface area (Å²) in [5, 5.41) is 8.61. The van der Waals surface area contributed by atoms with Gasteiger partial charge in [-0.1, -0.05) is 12.8 Å². The van der Waals surface area contributed by atoms with Crippen LogP contribution in [0.2, 0.25) is 0 Å². The molecule has 6 heteroatoms. The first-order valence-electron chi connectivity index (χ1n) is 7.75. The van der Waals surface area contributed by atoms with Crippen LogP contribution < -0.4 is 0 Å². The van der Waals surface area contributed by atoms with Crippen LogP contribution in [0, 0.1) is 5.92 Å². The van der Waals surface area contributed by atoms with E-state index in [2.05, 4.69) is 0 Å². The molecule has 6 nitrogen and oxygen atoms in total. The lowest BCUT2D eigenvalue weighted by Gasteiger charge is -2.25. The predicted molar refractivity (Wildman–Crippen MR) is 76.6 cm³/mol. The average molecular weight is 296 g/mol. The third-order valence-electron chi connectivity index (χ3n) is 4.53. The van der Waals surface area contributed by atoms with Crippen LogP contribution in [0.4, 0.5) is 0 Å². The zero-order valence-corrected chi connectivity index (χ0v) is 12.6. The summed E-state index contributed by atoms with van der Waals surface area (Å²) in [5.74, 6) is -1.04. The van der Waals surface area contributed by atoms with Crippen LogP contribution in [0.15, 0.2) is 0 Å². The number of nitrogens with zero attached hydrogens (tertiary/aromatic N) is 2. The van der Waals surface area contributed by atoms with E-state index < -0.39 is 5.97 Å². The van der Waals surface area contributed by atoms with E-state index in [0.717, 1.165) is 12.8 Å². The summed E-state index contributed by atoms with van der Waals surface area (Å²) >= 11 is 0. The Morgan fingerprint density at radius 1 is 1.33 bits per heavy atom. The number of amides is 2. The molecule has 1 saturated carbocycles. The van der Waals surface area contributed by atoms with Crippen LogP contribution >= 0.6 is 0 Å². The van der Waals surface area contributed by atoms with Gasteiger partial charge in [0.2, 0.25) is 11.8 Å². The molecule has 1 saturated heterocycles. The normalized spacial score (nSPS) is 22.8. The molecular weight excluding hydrogens is 272 g/mol.